The van der Waals surface area contributed by atoms with Gasteiger partial charge in [-0.25, -0.2) is 0 Å². The highest BCUT2D eigenvalue weighted by Crippen LogP contribution is 2.43. The molecule has 1 aliphatic carbocycles. The van der Waals surface area contributed by atoms with Gasteiger partial charge in [0.25, 0.3) is 0 Å². The summed E-state index contributed by atoms with van der Waals surface area (Å²) in [5, 5.41) is 11.7. The zero-order valence-electron chi connectivity index (χ0n) is 14.0. The maximum Gasteiger partial charge on any atom is 0.161 e. The highest BCUT2D eigenvalue weighted by atomic mass is 35.5. The minimum Gasteiger partial charge on any atom is -0.493 e. The normalized spacial score (nSPS) is 11.8. The molecule has 4 rings (SSSR count). The van der Waals surface area contributed by atoms with Crippen molar-refractivity contribution in [3.05, 3.63) is 58.1 Å². The van der Waals surface area contributed by atoms with Crippen molar-refractivity contribution in [1.29, 1.82) is 0 Å². The van der Waals surface area contributed by atoms with Gasteiger partial charge in [0.2, 0.25) is 0 Å². The Kier molecular flexibility index (Phi) is 4.01. The van der Waals surface area contributed by atoms with Gasteiger partial charge < -0.3 is 14.8 Å². The quantitative estimate of drug-likeness (QED) is 0.561. The highest BCUT2D eigenvalue weighted by Gasteiger charge is 2.27. The summed E-state index contributed by atoms with van der Waals surface area (Å²) in [5.41, 5.74) is 5.42. The number of hydrogen-bond acceptors (Lipinski definition) is 4. The number of rotatable bonds is 5. The lowest BCUT2D eigenvalue weighted by Gasteiger charge is -2.10. The number of ether oxygens (including phenoxy) is 2. The highest BCUT2D eigenvalue weighted by molar-refractivity contribution is 6.31. The van der Waals surface area contributed by atoms with Crippen LogP contribution in [0.5, 0.6) is 11.5 Å². The molecule has 0 aliphatic heterocycles. The number of H-pyrrole nitrogens is 1. The monoisotopic (exact) mass is 355 g/mol. The standard InChI is InChI=1S/C19H18ClN3O2/c1-24-16-8-12-7-14-18(13(12)9-17(16)25-2)22-23-19(14)21-10-11-5-3-4-6-15(11)20/h3-6,8-9H,7,10H2,1-2H3,(H2,21,22,23). The number of hydrogen-bond donors (Lipinski definition) is 2. The van der Waals surface area contributed by atoms with E-state index >= 15 is 0 Å². The van der Waals surface area contributed by atoms with E-state index < -0.39 is 0 Å². The first-order valence-corrected chi connectivity index (χ1v) is 8.39. The van der Waals surface area contributed by atoms with E-state index in [2.05, 4.69) is 15.5 Å². The summed E-state index contributed by atoms with van der Waals surface area (Å²) in [5.74, 6) is 2.37. The maximum absolute atomic E-state index is 6.23. The number of nitrogens with one attached hydrogen (secondary N) is 2. The molecule has 1 aromatic heterocycles. The first kappa shape index (κ1) is 15.8. The molecular formula is C19H18ClN3O2. The molecule has 0 saturated heterocycles. The summed E-state index contributed by atoms with van der Waals surface area (Å²) in [4.78, 5) is 0. The first-order chi connectivity index (χ1) is 12.2. The van der Waals surface area contributed by atoms with E-state index in [0.29, 0.717) is 12.3 Å². The number of anilines is 1. The molecule has 128 valence electrons. The summed E-state index contributed by atoms with van der Waals surface area (Å²) >= 11 is 6.23. The minimum absolute atomic E-state index is 0.636. The van der Waals surface area contributed by atoms with E-state index in [-0.39, 0.29) is 0 Å². The van der Waals surface area contributed by atoms with Gasteiger partial charge in [0, 0.05) is 29.1 Å². The van der Waals surface area contributed by atoms with Crippen molar-refractivity contribution < 1.29 is 9.47 Å². The Bertz CT molecular complexity index is 936. The largest absolute Gasteiger partial charge is 0.493 e. The minimum atomic E-state index is 0.636. The van der Waals surface area contributed by atoms with Gasteiger partial charge in [-0.1, -0.05) is 29.8 Å². The molecule has 1 aliphatic rings. The Morgan fingerprint density at radius 3 is 2.68 bits per heavy atom. The van der Waals surface area contributed by atoms with E-state index in [9.17, 15) is 0 Å². The van der Waals surface area contributed by atoms with E-state index in [1.54, 1.807) is 14.2 Å². The predicted molar refractivity (Wildman–Crippen MR) is 98.7 cm³/mol. The molecule has 0 atom stereocenters. The maximum atomic E-state index is 6.23. The van der Waals surface area contributed by atoms with Crippen LogP contribution in [0, 0.1) is 0 Å². The lowest BCUT2D eigenvalue weighted by molar-refractivity contribution is 0.355. The Hall–Kier alpha value is -2.66. The Balaban J connectivity index is 1.62. The number of nitrogens with zero attached hydrogens (tertiary/aromatic N) is 1. The summed E-state index contributed by atoms with van der Waals surface area (Å²) in [6.45, 7) is 0.636. The van der Waals surface area contributed by atoms with Crippen LogP contribution < -0.4 is 14.8 Å². The van der Waals surface area contributed by atoms with Crippen molar-refractivity contribution in [1.82, 2.24) is 10.2 Å². The lowest BCUT2D eigenvalue weighted by Crippen LogP contribution is -2.02. The van der Waals surface area contributed by atoms with Crippen LogP contribution in [0.15, 0.2) is 36.4 Å². The van der Waals surface area contributed by atoms with Crippen LogP contribution in [-0.2, 0) is 13.0 Å². The molecule has 3 aromatic rings. The average molecular weight is 356 g/mol. The van der Waals surface area contributed by atoms with Crippen molar-refractivity contribution >= 4 is 17.4 Å². The van der Waals surface area contributed by atoms with Gasteiger partial charge in [-0.05, 0) is 29.3 Å². The molecule has 0 radical (unpaired) electrons. The fraction of sp³-hybridized carbons (Fsp3) is 0.211. The van der Waals surface area contributed by atoms with Crippen molar-refractivity contribution in [2.45, 2.75) is 13.0 Å². The van der Waals surface area contributed by atoms with Crippen molar-refractivity contribution in [2.24, 2.45) is 0 Å². The van der Waals surface area contributed by atoms with Gasteiger partial charge in [0.15, 0.2) is 11.5 Å². The van der Waals surface area contributed by atoms with E-state index in [4.69, 9.17) is 21.1 Å². The van der Waals surface area contributed by atoms with Crippen LogP contribution in [0.3, 0.4) is 0 Å². The fourth-order valence-electron chi connectivity index (χ4n) is 3.21. The van der Waals surface area contributed by atoms with Crippen LogP contribution in [0.1, 0.15) is 16.7 Å². The van der Waals surface area contributed by atoms with E-state index in [1.807, 2.05) is 36.4 Å². The summed E-state index contributed by atoms with van der Waals surface area (Å²) in [6.07, 6.45) is 0.798. The zero-order valence-corrected chi connectivity index (χ0v) is 14.8. The SMILES string of the molecule is COc1cc2c(cc1OC)-c1n[nH]c(NCc3ccccc3Cl)c1C2. The molecule has 2 aromatic carbocycles. The second kappa shape index (κ2) is 6.33. The number of aromatic amines is 1. The molecule has 0 fully saturated rings. The third-order valence-electron chi connectivity index (χ3n) is 4.51. The molecule has 0 saturated carbocycles. The smallest absolute Gasteiger partial charge is 0.161 e. The topological polar surface area (TPSA) is 59.2 Å². The van der Waals surface area contributed by atoms with Crippen LogP contribution in [0.2, 0.25) is 5.02 Å². The van der Waals surface area contributed by atoms with Crippen LogP contribution >= 0.6 is 11.6 Å². The Labute approximate surface area is 150 Å². The Morgan fingerprint density at radius 1 is 1.16 bits per heavy atom. The average Bonchev–Trinajstić information content (AvgIpc) is 3.18. The second-order valence-electron chi connectivity index (χ2n) is 5.91. The molecule has 25 heavy (non-hydrogen) atoms. The van der Waals surface area contributed by atoms with E-state index in [0.717, 1.165) is 45.4 Å². The first-order valence-electron chi connectivity index (χ1n) is 8.01. The number of methoxy groups -OCH3 is 2. The van der Waals surface area contributed by atoms with Gasteiger partial charge in [-0.15, -0.1) is 0 Å². The molecule has 5 nitrogen and oxygen atoms in total. The van der Waals surface area contributed by atoms with Crippen LogP contribution in [-0.4, -0.2) is 24.4 Å². The predicted octanol–water partition coefficient (Wildman–Crippen LogP) is 4.26. The van der Waals surface area contributed by atoms with Crippen molar-refractivity contribution in [3.8, 4) is 22.8 Å². The number of benzene rings is 2. The van der Waals surface area contributed by atoms with Gasteiger partial charge in [0.1, 0.15) is 5.82 Å². The van der Waals surface area contributed by atoms with Crippen LogP contribution in [0.4, 0.5) is 5.82 Å². The molecule has 0 bridgehead atoms. The van der Waals surface area contributed by atoms with Crippen LogP contribution in [0.25, 0.3) is 11.3 Å². The van der Waals surface area contributed by atoms with Crippen molar-refractivity contribution in [2.75, 3.05) is 19.5 Å². The number of halogens is 1. The van der Waals surface area contributed by atoms with E-state index in [1.165, 1.54) is 5.56 Å². The summed E-state index contributed by atoms with van der Waals surface area (Å²) in [6, 6.07) is 11.8. The molecule has 2 N–H and O–H groups in total. The molecule has 0 spiro atoms. The molecular weight excluding hydrogens is 338 g/mol. The second-order valence-corrected chi connectivity index (χ2v) is 6.32. The molecule has 6 heteroatoms. The number of fused-ring (bicyclic) bond motifs is 3. The third kappa shape index (κ3) is 2.70. The molecule has 1 heterocycles. The molecule has 0 amide bonds. The van der Waals surface area contributed by atoms with Gasteiger partial charge >= 0.3 is 0 Å². The van der Waals surface area contributed by atoms with Gasteiger partial charge in [-0.3, -0.25) is 5.10 Å². The Morgan fingerprint density at radius 2 is 1.92 bits per heavy atom. The lowest BCUT2D eigenvalue weighted by atomic mass is 10.1. The van der Waals surface area contributed by atoms with Gasteiger partial charge in [-0.2, -0.15) is 5.10 Å². The number of aromatic nitrogens is 2. The zero-order chi connectivity index (χ0) is 17.4. The van der Waals surface area contributed by atoms with Crippen molar-refractivity contribution in [3.63, 3.8) is 0 Å². The summed E-state index contributed by atoms with van der Waals surface area (Å²) in [7, 11) is 3.29. The fourth-order valence-corrected chi connectivity index (χ4v) is 3.41. The third-order valence-corrected chi connectivity index (χ3v) is 4.88. The molecule has 0 unspecified atom stereocenters. The summed E-state index contributed by atoms with van der Waals surface area (Å²) < 4.78 is 10.8. The van der Waals surface area contributed by atoms with Gasteiger partial charge in [0.05, 0.1) is 19.9 Å².